The number of aryl methyl sites for hydroxylation is 1. The van der Waals surface area contributed by atoms with E-state index >= 15 is 0 Å². The van der Waals surface area contributed by atoms with Gasteiger partial charge in [0.25, 0.3) is 0 Å². The molecule has 2 atom stereocenters. The predicted octanol–water partition coefficient (Wildman–Crippen LogP) is 6.09. The molecule has 0 radical (unpaired) electrons. The zero-order valence-electron chi connectivity index (χ0n) is 24.6. The molecule has 13 heteroatoms. The summed E-state index contributed by atoms with van der Waals surface area (Å²) >= 11 is 13.6. The summed E-state index contributed by atoms with van der Waals surface area (Å²) in [5.41, 5.74) is 5.35. The summed E-state index contributed by atoms with van der Waals surface area (Å²) < 4.78 is 47.4. The van der Waals surface area contributed by atoms with E-state index in [1.165, 1.54) is 17.8 Å². The van der Waals surface area contributed by atoms with Gasteiger partial charge in [0.05, 0.1) is 5.56 Å². The molecule has 1 aliphatic heterocycles. The lowest BCUT2D eigenvalue weighted by Gasteiger charge is -2.40. The molecule has 3 N–H and O–H groups in total. The van der Waals surface area contributed by atoms with Gasteiger partial charge >= 0.3 is 12.1 Å². The van der Waals surface area contributed by atoms with Crippen LogP contribution in [-0.2, 0) is 32.5 Å². The zero-order chi connectivity index (χ0) is 31.8. The Balaban J connectivity index is 1.85. The van der Waals surface area contributed by atoms with Gasteiger partial charge < -0.3 is 20.3 Å². The number of ether oxygens (including phenoxy) is 1. The summed E-state index contributed by atoms with van der Waals surface area (Å²) in [6, 6.07) is 8.50. The maximum atomic E-state index is 13.9. The van der Waals surface area contributed by atoms with Gasteiger partial charge in [-0.1, -0.05) is 42.6 Å². The van der Waals surface area contributed by atoms with Crippen molar-refractivity contribution in [3.63, 3.8) is 0 Å². The van der Waals surface area contributed by atoms with Gasteiger partial charge in [-0.05, 0) is 74.2 Å². The first kappa shape index (κ1) is 35.3. The Morgan fingerprint density at radius 3 is 2.40 bits per heavy atom. The second kappa shape index (κ2) is 15.7. The lowest BCUT2D eigenvalue weighted by atomic mass is 9.85. The van der Waals surface area contributed by atoms with Gasteiger partial charge in [0.1, 0.15) is 5.54 Å². The molecule has 0 saturated carbocycles. The number of nitrogens with zero attached hydrogens (tertiary/aromatic N) is 2. The minimum absolute atomic E-state index is 0.0518. The van der Waals surface area contributed by atoms with Crippen LogP contribution in [0.1, 0.15) is 49.3 Å². The number of benzene rings is 2. The molecule has 2 aromatic carbocycles. The number of nitrogens with two attached hydrogens (primary N) is 1. The number of hydrogen-bond acceptors (Lipinski definition) is 7. The molecule has 0 aromatic heterocycles. The maximum Gasteiger partial charge on any atom is 0.416 e. The molecule has 0 bridgehead atoms. The van der Waals surface area contributed by atoms with Crippen molar-refractivity contribution in [2.24, 2.45) is 5.73 Å². The lowest BCUT2D eigenvalue weighted by Crippen LogP contribution is -2.52. The molecular formula is C30H39Cl2F3N4O3S. The number of anilines is 1. The molecule has 2 aromatic rings. The highest BCUT2D eigenvalue weighted by Gasteiger charge is 2.43. The van der Waals surface area contributed by atoms with Gasteiger partial charge in [-0.2, -0.15) is 24.9 Å². The number of halogens is 5. The van der Waals surface area contributed by atoms with Gasteiger partial charge in [0, 0.05) is 53.9 Å². The van der Waals surface area contributed by atoms with Crippen LogP contribution in [0.3, 0.4) is 0 Å². The molecule has 1 fully saturated rings. The third-order valence-electron chi connectivity index (χ3n) is 7.59. The molecule has 1 aliphatic rings. The molecule has 238 valence electrons. The van der Waals surface area contributed by atoms with Gasteiger partial charge in [-0.3, -0.25) is 10.1 Å². The molecule has 43 heavy (non-hydrogen) atoms. The van der Waals surface area contributed by atoms with E-state index in [1.807, 2.05) is 18.1 Å². The molecule has 1 saturated heterocycles. The normalized spacial score (nSPS) is 16.1. The van der Waals surface area contributed by atoms with E-state index in [-0.39, 0.29) is 24.3 Å². The summed E-state index contributed by atoms with van der Waals surface area (Å²) in [5.74, 6) is -0.409. The number of amides is 1. The number of nitrogens with one attached hydrogen (secondary N) is 1. The first-order valence-corrected chi connectivity index (χ1v) is 16.3. The molecule has 0 aliphatic carbocycles. The van der Waals surface area contributed by atoms with Crippen molar-refractivity contribution in [2.75, 3.05) is 50.1 Å². The number of rotatable bonds is 13. The van der Waals surface area contributed by atoms with Crippen molar-refractivity contribution in [3.05, 3.63) is 63.1 Å². The first-order chi connectivity index (χ1) is 20.3. The molecule has 1 heterocycles. The van der Waals surface area contributed by atoms with E-state index < -0.39 is 29.5 Å². The van der Waals surface area contributed by atoms with Crippen molar-refractivity contribution in [2.45, 2.75) is 57.0 Å². The predicted molar refractivity (Wildman–Crippen MR) is 168 cm³/mol. The van der Waals surface area contributed by atoms with Gasteiger partial charge in [0.15, 0.2) is 6.23 Å². The van der Waals surface area contributed by atoms with E-state index in [0.717, 1.165) is 24.1 Å². The molecule has 0 spiro atoms. The summed E-state index contributed by atoms with van der Waals surface area (Å²) in [4.78, 5) is 30.2. The minimum atomic E-state index is -4.63. The van der Waals surface area contributed by atoms with Crippen molar-refractivity contribution in [3.8, 4) is 0 Å². The number of carbonyl (C=O) groups is 2. The van der Waals surface area contributed by atoms with Crippen molar-refractivity contribution in [1.82, 2.24) is 10.2 Å². The fourth-order valence-corrected chi connectivity index (χ4v) is 6.06. The molecular weight excluding hydrogens is 624 g/mol. The SMILES string of the molecule is CCCC(NC)OC(=O)C(N)(CCSC)c1cc(C(F)(F)F)ccc1N1CCN(C(=O)CCc2ccc(Cl)cc2Cl)CC1. The fourth-order valence-electron chi connectivity index (χ4n) is 5.03. The second-order valence-electron chi connectivity index (χ2n) is 10.5. The average molecular weight is 664 g/mol. The summed E-state index contributed by atoms with van der Waals surface area (Å²) in [7, 11) is 1.65. The van der Waals surface area contributed by atoms with Crippen LogP contribution in [0.2, 0.25) is 10.0 Å². The van der Waals surface area contributed by atoms with Crippen LogP contribution in [0.25, 0.3) is 0 Å². The van der Waals surface area contributed by atoms with Crippen molar-refractivity contribution >= 4 is 52.5 Å². The summed E-state index contributed by atoms with van der Waals surface area (Å²) in [5, 5.41) is 3.94. The third-order valence-corrected chi connectivity index (χ3v) is 8.79. The van der Waals surface area contributed by atoms with Crippen LogP contribution in [0.5, 0.6) is 0 Å². The highest BCUT2D eigenvalue weighted by Crippen LogP contribution is 2.39. The first-order valence-electron chi connectivity index (χ1n) is 14.2. The van der Waals surface area contributed by atoms with Crippen LogP contribution in [0, 0.1) is 0 Å². The van der Waals surface area contributed by atoms with Gasteiger partial charge in [-0.15, -0.1) is 0 Å². The number of carbonyl (C=O) groups excluding carboxylic acids is 2. The van der Waals surface area contributed by atoms with Crippen molar-refractivity contribution in [1.29, 1.82) is 0 Å². The molecule has 2 unspecified atom stereocenters. The topological polar surface area (TPSA) is 87.9 Å². The Bertz CT molecular complexity index is 1260. The Labute approximate surface area is 265 Å². The number of esters is 1. The van der Waals surface area contributed by atoms with E-state index in [0.29, 0.717) is 60.5 Å². The van der Waals surface area contributed by atoms with Crippen LogP contribution in [0.15, 0.2) is 36.4 Å². The fraction of sp³-hybridized carbons (Fsp3) is 0.533. The van der Waals surface area contributed by atoms with Gasteiger partial charge in [-0.25, -0.2) is 4.79 Å². The van der Waals surface area contributed by atoms with Crippen LogP contribution in [0.4, 0.5) is 18.9 Å². The summed E-state index contributed by atoms with van der Waals surface area (Å²) in [6.07, 6.45) is -1.38. The average Bonchev–Trinajstić information content (AvgIpc) is 2.98. The molecule has 7 nitrogen and oxygen atoms in total. The quantitative estimate of drug-likeness (QED) is 0.198. The zero-order valence-corrected chi connectivity index (χ0v) is 26.9. The van der Waals surface area contributed by atoms with E-state index in [4.69, 9.17) is 33.7 Å². The smallest absolute Gasteiger partial charge is 0.416 e. The standard InChI is InChI=1S/C30H39Cl2F3N4O3S/c1-4-5-26(37-2)42-28(41)29(36,12-17-43-3)23-18-21(30(33,34)35)8-10-25(23)38-13-15-39(16-14-38)27(40)11-7-20-6-9-22(31)19-24(20)32/h6,8-10,18-19,26,37H,4-5,7,11-17,36H2,1-3H3. The maximum absolute atomic E-state index is 13.9. The third kappa shape index (κ3) is 9.17. The number of alkyl halides is 3. The van der Waals surface area contributed by atoms with Crippen LogP contribution in [-0.4, -0.2) is 68.2 Å². The van der Waals surface area contributed by atoms with E-state index in [9.17, 15) is 22.8 Å². The molecule has 3 rings (SSSR count). The lowest BCUT2D eigenvalue weighted by molar-refractivity contribution is -0.158. The monoisotopic (exact) mass is 662 g/mol. The van der Waals surface area contributed by atoms with Crippen LogP contribution < -0.4 is 16.0 Å². The second-order valence-corrected chi connectivity index (χ2v) is 12.3. The highest BCUT2D eigenvalue weighted by molar-refractivity contribution is 7.98. The summed E-state index contributed by atoms with van der Waals surface area (Å²) in [6.45, 7) is 3.37. The molecule has 1 amide bonds. The number of hydrogen-bond donors (Lipinski definition) is 2. The Morgan fingerprint density at radius 1 is 1.12 bits per heavy atom. The Hall–Kier alpha value is -2.18. The Kier molecular flexibility index (Phi) is 12.9. The van der Waals surface area contributed by atoms with E-state index in [1.54, 1.807) is 30.1 Å². The number of piperazine rings is 1. The van der Waals surface area contributed by atoms with Crippen LogP contribution >= 0.6 is 35.0 Å². The number of thioether (sulfide) groups is 1. The van der Waals surface area contributed by atoms with Crippen molar-refractivity contribution < 1.29 is 27.5 Å². The Morgan fingerprint density at radius 2 is 1.81 bits per heavy atom. The minimum Gasteiger partial charge on any atom is -0.445 e. The largest absolute Gasteiger partial charge is 0.445 e. The van der Waals surface area contributed by atoms with E-state index in [2.05, 4.69) is 5.32 Å². The van der Waals surface area contributed by atoms with Gasteiger partial charge in [0.2, 0.25) is 5.91 Å². The highest BCUT2D eigenvalue weighted by atomic mass is 35.5.